The van der Waals surface area contributed by atoms with Gasteiger partial charge in [0.15, 0.2) is 5.76 Å². The first-order valence-corrected chi connectivity index (χ1v) is 11.5. The zero-order valence-corrected chi connectivity index (χ0v) is 19.6. The molecule has 0 saturated carbocycles. The van der Waals surface area contributed by atoms with Crippen LogP contribution >= 0.6 is 0 Å². The van der Waals surface area contributed by atoms with Crippen molar-refractivity contribution in [2.75, 3.05) is 13.1 Å². The van der Waals surface area contributed by atoms with Crippen LogP contribution in [0.5, 0.6) is 5.75 Å². The van der Waals surface area contributed by atoms with Gasteiger partial charge in [-0.25, -0.2) is 4.39 Å². The van der Waals surface area contributed by atoms with Gasteiger partial charge in [0.1, 0.15) is 23.9 Å². The largest absolute Gasteiger partial charge is 0.486 e. The molecule has 1 atom stereocenters. The van der Waals surface area contributed by atoms with Gasteiger partial charge in [-0.3, -0.25) is 9.59 Å². The molecule has 0 fully saturated rings. The Kier molecular flexibility index (Phi) is 7.01. The van der Waals surface area contributed by atoms with Crippen LogP contribution in [0.15, 0.2) is 59.0 Å². The molecule has 0 radical (unpaired) electrons. The van der Waals surface area contributed by atoms with Crippen LogP contribution in [0, 0.1) is 11.7 Å². The van der Waals surface area contributed by atoms with Crippen molar-refractivity contribution in [2.24, 2.45) is 5.92 Å². The van der Waals surface area contributed by atoms with Crippen molar-refractivity contribution in [3.63, 3.8) is 0 Å². The first-order valence-electron chi connectivity index (χ1n) is 11.5. The monoisotopic (exact) mass is 464 g/mol. The quantitative estimate of drug-likeness (QED) is 0.541. The summed E-state index contributed by atoms with van der Waals surface area (Å²) in [5.74, 6) is 1.15. The Morgan fingerprint density at radius 3 is 2.62 bits per heavy atom. The van der Waals surface area contributed by atoms with E-state index in [2.05, 4.69) is 5.32 Å². The minimum atomic E-state index is -0.318. The number of ether oxygens (including phenoxy) is 1. The first kappa shape index (κ1) is 23.5. The van der Waals surface area contributed by atoms with Gasteiger partial charge in [0.05, 0.1) is 6.04 Å². The van der Waals surface area contributed by atoms with Crippen LogP contribution in [0.4, 0.5) is 4.39 Å². The summed E-state index contributed by atoms with van der Waals surface area (Å²) < 4.78 is 25.1. The number of hydrogen-bond acceptors (Lipinski definition) is 4. The molecule has 0 bridgehead atoms. The standard InChI is InChI=1S/C27H29FN2O4/c1-17(2)15-29-27(32)25-11-10-23(34-25)16-33-22-9-6-19-12-13-30(18(3)31)26(24(19)14-22)20-4-7-21(28)8-5-20/h4-11,14,17,26H,12-13,15-16H2,1-3H3,(H,29,32)/t26-/m1/s1. The Balaban J connectivity index is 1.52. The summed E-state index contributed by atoms with van der Waals surface area (Å²) >= 11 is 0. The van der Waals surface area contributed by atoms with Gasteiger partial charge in [0, 0.05) is 20.0 Å². The van der Waals surface area contributed by atoms with E-state index in [1.54, 1.807) is 36.1 Å². The number of rotatable bonds is 7. The second-order valence-electron chi connectivity index (χ2n) is 8.94. The number of furan rings is 1. The van der Waals surface area contributed by atoms with Gasteiger partial charge in [-0.1, -0.05) is 32.0 Å². The highest BCUT2D eigenvalue weighted by Crippen LogP contribution is 2.37. The molecule has 0 saturated heterocycles. The highest BCUT2D eigenvalue weighted by Gasteiger charge is 2.31. The lowest BCUT2D eigenvalue weighted by atomic mass is 9.88. The number of benzene rings is 2. The van der Waals surface area contributed by atoms with Gasteiger partial charge in [0.2, 0.25) is 5.91 Å². The molecule has 0 unspecified atom stereocenters. The summed E-state index contributed by atoms with van der Waals surface area (Å²) in [6.45, 7) is 6.93. The first-order chi connectivity index (χ1) is 16.3. The molecule has 4 rings (SSSR count). The van der Waals surface area contributed by atoms with Crippen molar-refractivity contribution in [1.29, 1.82) is 0 Å². The van der Waals surface area contributed by atoms with Crippen molar-refractivity contribution in [3.05, 3.63) is 88.6 Å². The fourth-order valence-electron chi connectivity index (χ4n) is 4.14. The molecule has 6 nitrogen and oxygen atoms in total. The van der Waals surface area contributed by atoms with Crippen LogP contribution in [-0.2, 0) is 17.8 Å². The van der Waals surface area contributed by atoms with Crippen LogP contribution in [0.3, 0.4) is 0 Å². The Morgan fingerprint density at radius 1 is 1.15 bits per heavy atom. The van der Waals surface area contributed by atoms with E-state index in [4.69, 9.17) is 9.15 Å². The number of nitrogens with one attached hydrogen (secondary N) is 1. The fraction of sp³-hybridized carbons (Fsp3) is 0.333. The number of halogens is 1. The third kappa shape index (κ3) is 5.30. The molecule has 1 N–H and O–H groups in total. The highest BCUT2D eigenvalue weighted by atomic mass is 19.1. The zero-order chi connectivity index (χ0) is 24.2. The van der Waals surface area contributed by atoms with E-state index >= 15 is 0 Å². The Labute approximate surface area is 198 Å². The number of nitrogens with zero attached hydrogens (tertiary/aromatic N) is 1. The normalized spacial score (nSPS) is 15.2. The topological polar surface area (TPSA) is 71.8 Å². The molecule has 0 aliphatic carbocycles. The summed E-state index contributed by atoms with van der Waals surface area (Å²) in [4.78, 5) is 26.3. The number of fused-ring (bicyclic) bond motifs is 1. The molecule has 178 valence electrons. The van der Waals surface area contributed by atoms with Crippen molar-refractivity contribution in [3.8, 4) is 5.75 Å². The molecule has 2 heterocycles. The summed E-state index contributed by atoms with van der Waals surface area (Å²) in [5, 5.41) is 2.83. The minimum Gasteiger partial charge on any atom is -0.486 e. The fourth-order valence-corrected chi connectivity index (χ4v) is 4.14. The SMILES string of the molecule is CC(=O)N1CCc2ccc(OCc3ccc(C(=O)NCC(C)C)o3)cc2[C@H]1c1ccc(F)cc1. The maximum atomic E-state index is 13.5. The summed E-state index contributed by atoms with van der Waals surface area (Å²) in [5.41, 5.74) is 2.93. The zero-order valence-electron chi connectivity index (χ0n) is 19.6. The number of amides is 2. The predicted molar refractivity (Wildman–Crippen MR) is 126 cm³/mol. The minimum absolute atomic E-state index is 0.0369. The third-order valence-corrected chi connectivity index (χ3v) is 5.87. The van der Waals surface area contributed by atoms with Crippen molar-refractivity contribution >= 4 is 11.8 Å². The number of hydrogen-bond donors (Lipinski definition) is 1. The van der Waals surface area contributed by atoms with Crippen LogP contribution in [0.2, 0.25) is 0 Å². The van der Waals surface area contributed by atoms with Gasteiger partial charge in [-0.15, -0.1) is 0 Å². The van der Waals surface area contributed by atoms with E-state index in [9.17, 15) is 14.0 Å². The van der Waals surface area contributed by atoms with Crippen LogP contribution in [-0.4, -0.2) is 29.8 Å². The Hall–Kier alpha value is -3.61. The van der Waals surface area contributed by atoms with E-state index in [0.29, 0.717) is 30.5 Å². The Bertz CT molecular complexity index is 1170. The lowest BCUT2D eigenvalue weighted by molar-refractivity contribution is -0.130. The average Bonchev–Trinajstić information content (AvgIpc) is 3.30. The van der Waals surface area contributed by atoms with Crippen molar-refractivity contribution in [2.45, 2.75) is 39.8 Å². The molecule has 34 heavy (non-hydrogen) atoms. The van der Waals surface area contributed by atoms with Gasteiger partial charge >= 0.3 is 0 Å². The molecule has 2 amide bonds. The maximum absolute atomic E-state index is 13.5. The molecular formula is C27H29FN2O4. The van der Waals surface area contributed by atoms with Crippen LogP contribution in [0.25, 0.3) is 0 Å². The summed E-state index contributed by atoms with van der Waals surface area (Å²) in [6, 6.07) is 15.1. The predicted octanol–water partition coefficient (Wildman–Crippen LogP) is 4.88. The summed E-state index contributed by atoms with van der Waals surface area (Å²) in [6.07, 6.45) is 0.736. The second kappa shape index (κ2) is 10.1. The molecule has 0 spiro atoms. The molecule has 1 aromatic heterocycles. The molecule has 3 aromatic rings. The molecule has 1 aliphatic heterocycles. The third-order valence-electron chi connectivity index (χ3n) is 5.87. The molecule has 2 aromatic carbocycles. The van der Waals surface area contributed by atoms with E-state index in [1.165, 1.54) is 12.1 Å². The molecule has 7 heteroatoms. The van der Waals surface area contributed by atoms with Crippen molar-refractivity contribution < 1.29 is 23.1 Å². The molecular weight excluding hydrogens is 435 g/mol. The van der Waals surface area contributed by atoms with Crippen LogP contribution in [0.1, 0.15) is 59.8 Å². The summed E-state index contributed by atoms with van der Waals surface area (Å²) in [7, 11) is 0. The second-order valence-corrected chi connectivity index (χ2v) is 8.94. The lowest BCUT2D eigenvalue weighted by Crippen LogP contribution is -2.39. The highest BCUT2D eigenvalue weighted by molar-refractivity contribution is 5.91. The van der Waals surface area contributed by atoms with E-state index in [0.717, 1.165) is 23.1 Å². The van der Waals surface area contributed by atoms with E-state index < -0.39 is 0 Å². The average molecular weight is 465 g/mol. The number of carbonyl (C=O) groups is 2. The van der Waals surface area contributed by atoms with E-state index in [1.807, 2.05) is 32.0 Å². The van der Waals surface area contributed by atoms with Gasteiger partial charge in [-0.2, -0.15) is 0 Å². The smallest absolute Gasteiger partial charge is 0.287 e. The lowest BCUT2D eigenvalue weighted by Gasteiger charge is -2.37. The maximum Gasteiger partial charge on any atom is 0.287 e. The number of carbonyl (C=O) groups excluding carboxylic acids is 2. The van der Waals surface area contributed by atoms with Crippen molar-refractivity contribution in [1.82, 2.24) is 10.2 Å². The molecule has 1 aliphatic rings. The van der Waals surface area contributed by atoms with Gasteiger partial charge < -0.3 is 19.4 Å². The van der Waals surface area contributed by atoms with Gasteiger partial charge in [-0.05, 0) is 65.4 Å². The van der Waals surface area contributed by atoms with Gasteiger partial charge in [0.25, 0.3) is 5.91 Å². The Morgan fingerprint density at radius 2 is 1.91 bits per heavy atom. The van der Waals surface area contributed by atoms with E-state index in [-0.39, 0.29) is 36.0 Å². The van der Waals surface area contributed by atoms with Crippen LogP contribution < -0.4 is 10.1 Å².